The Labute approximate surface area is 177 Å². The first kappa shape index (κ1) is 19.1. The van der Waals surface area contributed by atoms with E-state index in [-0.39, 0.29) is 41.6 Å². The summed E-state index contributed by atoms with van der Waals surface area (Å²) in [6.45, 7) is 1.01. The van der Waals surface area contributed by atoms with Crippen LogP contribution in [-0.2, 0) is 17.6 Å². The molecule has 1 fully saturated rings. The summed E-state index contributed by atoms with van der Waals surface area (Å²) >= 11 is 1.56. The van der Waals surface area contributed by atoms with E-state index in [4.69, 9.17) is 10.00 Å². The number of ether oxygens (including phenoxy) is 1. The largest absolute Gasteiger partial charge is 0.470 e. The third-order valence-electron chi connectivity index (χ3n) is 5.83. The van der Waals surface area contributed by atoms with Gasteiger partial charge in [0.25, 0.3) is 11.4 Å². The number of fused-ring (bicyclic) bond motifs is 2. The molecule has 0 spiro atoms. The molecule has 2 aromatic rings. The fourth-order valence-electron chi connectivity index (χ4n) is 4.33. The zero-order chi connectivity index (χ0) is 20.7. The van der Waals surface area contributed by atoms with Gasteiger partial charge in [-0.25, -0.2) is 15.0 Å². The average Bonchev–Trinajstić information content (AvgIpc) is 3.49. The van der Waals surface area contributed by atoms with Gasteiger partial charge in [0.05, 0.1) is 18.3 Å². The molecule has 1 amide bonds. The molecule has 30 heavy (non-hydrogen) atoms. The quantitative estimate of drug-likeness (QED) is 0.671. The third-order valence-corrected chi connectivity index (χ3v) is 6.93. The number of thioether (sulfide) groups is 1. The normalized spacial score (nSPS) is 21.9. The highest BCUT2D eigenvalue weighted by Gasteiger charge is 2.34. The molecule has 2 unspecified atom stereocenters. The minimum atomic E-state index is -0.226. The number of hydrogen-bond acceptors (Lipinski definition) is 8. The molecule has 3 aliphatic rings. The number of hydrogen-bond donors (Lipinski definition) is 0. The van der Waals surface area contributed by atoms with E-state index < -0.39 is 0 Å². The van der Waals surface area contributed by atoms with Gasteiger partial charge < -0.3 is 9.64 Å². The molecule has 0 radical (unpaired) electrons. The summed E-state index contributed by atoms with van der Waals surface area (Å²) in [5, 5.41) is 9.86. The molecule has 0 saturated carbocycles. The SMILES string of the molecule is N#Cc1nccnc1OC1CCN(C(=O)CC2CSc3nc4c(c(=O)n32)CCC4)C1. The van der Waals surface area contributed by atoms with Crippen LogP contribution in [0.15, 0.2) is 22.3 Å². The first-order valence-electron chi connectivity index (χ1n) is 10.1. The predicted octanol–water partition coefficient (Wildman–Crippen LogP) is 1.11. The van der Waals surface area contributed by atoms with Crippen LogP contribution in [0, 0.1) is 11.3 Å². The monoisotopic (exact) mass is 424 g/mol. The molecular formula is C20H20N6O3S. The highest BCUT2D eigenvalue weighted by molar-refractivity contribution is 7.99. The van der Waals surface area contributed by atoms with Crippen LogP contribution in [0.4, 0.5) is 0 Å². The van der Waals surface area contributed by atoms with Gasteiger partial charge in [-0.2, -0.15) is 5.26 Å². The van der Waals surface area contributed by atoms with E-state index in [1.54, 1.807) is 21.2 Å². The lowest BCUT2D eigenvalue weighted by molar-refractivity contribution is -0.131. The highest BCUT2D eigenvalue weighted by Crippen LogP contribution is 2.34. The Balaban J connectivity index is 1.25. The first-order valence-corrected chi connectivity index (χ1v) is 11.0. The molecule has 2 aliphatic heterocycles. The molecule has 0 N–H and O–H groups in total. The van der Waals surface area contributed by atoms with Gasteiger partial charge >= 0.3 is 0 Å². The van der Waals surface area contributed by atoms with Crippen LogP contribution in [0.3, 0.4) is 0 Å². The maximum absolute atomic E-state index is 12.9. The van der Waals surface area contributed by atoms with Crippen LogP contribution < -0.4 is 10.3 Å². The van der Waals surface area contributed by atoms with Crippen molar-refractivity contribution in [2.24, 2.45) is 0 Å². The van der Waals surface area contributed by atoms with Gasteiger partial charge in [-0.1, -0.05) is 11.8 Å². The van der Waals surface area contributed by atoms with Gasteiger partial charge in [0.1, 0.15) is 12.2 Å². The summed E-state index contributed by atoms with van der Waals surface area (Å²) in [7, 11) is 0. The Bertz CT molecular complexity index is 1110. The van der Waals surface area contributed by atoms with Crippen molar-refractivity contribution in [1.29, 1.82) is 5.26 Å². The van der Waals surface area contributed by atoms with Crippen LogP contribution in [-0.4, -0.2) is 55.3 Å². The van der Waals surface area contributed by atoms with Gasteiger partial charge in [0, 0.05) is 43.1 Å². The lowest BCUT2D eigenvalue weighted by Gasteiger charge is -2.20. The van der Waals surface area contributed by atoms with E-state index in [0.29, 0.717) is 25.3 Å². The molecule has 9 nitrogen and oxygen atoms in total. The van der Waals surface area contributed by atoms with E-state index in [9.17, 15) is 9.59 Å². The molecule has 2 atom stereocenters. The number of aryl methyl sites for hydroxylation is 1. The van der Waals surface area contributed by atoms with E-state index in [1.165, 1.54) is 12.4 Å². The smallest absolute Gasteiger partial charge is 0.257 e. The molecular weight excluding hydrogens is 404 g/mol. The minimum Gasteiger partial charge on any atom is -0.470 e. The van der Waals surface area contributed by atoms with Crippen molar-refractivity contribution in [2.45, 2.75) is 49.4 Å². The molecule has 1 aliphatic carbocycles. The number of aromatic nitrogens is 4. The van der Waals surface area contributed by atoms with E-state index in [2.05, 4.69) is 15.0 Å². The second-order valence-corrected chi connectivity index (χ2v) is 8.69. The van der Waals surface area contributed by atoms with Crippen LogP contribution >= 0.6 is 11.8 Å². The van der Waals surface area contributed by atoms with Crippen LogP contribution in [0.5, 0.6) is 5.88 Å². The molecule has 10 heteroatoms. The van der Waals surface area contributed by atoms with Gasteiger partial charge in [0.15, 0.2) is 5.16 Å². The molecule has 2 aromatic heterocycles. The lowest BCUT2D eigenvalue weighted by atomic mass is 10.2. The molecule has 5 rings (SSSR count). The van der Waals surface area contributed by atoms with E-state index in [1.807, 2.05) is 6.07 Å². The number of carbonyl (C=O) groups excluding carboxylic acids is 1. The molecule has 0 aromatic carbocycles. The van der Waals surface area contributed by atoms with Gasteiger partial charge in [-0.05, 0) is 19.3 Å². The zero-order valence-corrected chi connectivity index (χ0v) is 17.1. The first-order chi connectivity index (χ1) is 14.6. The summed E-state index contributed by atoms with van der Waals surface area (Å²) in [5.41, 5.74) is 1.93. The Morgan fingerprint density at radius 1 is 1.33 bits per heavy atom. The lowest BCUT2D eigenvalue weighted by Crippen LogP contribution is -2.35. The molecule has 154 valence electrons. The Kier molecular flexibility index (Phi) is 4.90. The highest BCUT2D eigenvalue weighted by atomic mass is 32.2. The van der Waals surface area contributed by atoms with Crippen LogP contribution in [0.1, 0.15) is 42.3 Å². The molecule has 0 bridgehead atoms. The number of amides is 1. The third kappa shape index (κ3) is 3.33. The van der Waals surface area contributed by atoms with Crippen molar-refractivity contribution in [3.63, 3.8) is 0 Å². The summed E-state index contributed by atoms with van der Waals surface area (Å²) in [6, 6.07) is 1.81. The van der Waals surface area contributed by atoms with Crippen LogP contribution in [0.2, 0.25) is 0 Å². The second kappa shape index (κ2) is 7.72. The number of carbonyl (C=O) groups is 1. The predicted molar refractivity (Wildman–Crippen MR) is 107 cm³/mol. The van der Waals surface area contributed by atoms with E-state index >= 15 is 0 Å². The number of likely N-dealkylation sites (tertiary alicyclic amines) is 1. The van der Waals surface area contributed by atoms with Gasteiger partial charge in [0.2, 0.25) is 11.6 Å². The average molecular weight is 424 g/mol. The number of nitrogens with zero attached hydrogens (tertiary/aromatic N) is 6. The summed E-state index contributed by atoms with van der Waals surface area (Å²) < 4.78 is 7.55. The summed E-state index contributed by atoms with van der Waals surface area (Å²) in [6.07, 6.45) is 6.27. The van der Waals surface area contributed by atoms with Crippen molar-refractivity contribution >= 4 is 17.7 Å². The number of rotatable bonds is 4. The van der Waals surface area contributed by atoms with Crippen molar-refractivity contribution in [3.8, 4) is 11.9 Å². The maximum Gasteiger partial charge on any atom is 0.257 e. The van der Waals surface area contributed by atoms with Crippen molar-refractivity contribution in [1.82, 2.24) is 24.4 Å². The second-order valence-electron chi connectivity index (χ2n) is 7.71. The number of nitriles is 1. The Hall–Kier alpha value is -2.93. The Morgan fingerprint density at radius 2 is 2.20 bits per heavy atom. The zero-order valence-electron chi connectivity index (χ0n) is 16.3. The topological polar surface area (TPSA) is 114 Å². The maximum atomic E-state index is 12.9. The summed E-state index contributed by atoms with van der Waals surface area (Å²) in [4.78, 5) is 40.3. The van der Waals surface area contributed by atoms with Gasteiger partial charge in [-0.3, -0.25) is 14.2 Å². The van der Waals surface area contributed by atoms with Gasteiger partial charge in [-0.15, -0.1) is 0 Å². The molecule has 4 heterocycles. The van der Waals surface area contributed by atoms with Crippen molar-refractivity contribution in [2.75, 3.05) is 18.8 Å². The Morgan fingerprint density at radius 3 is 3.07 bits per heavy atom. The summed E-state index contributed by atoms with van der Waals surface area (Å²) in [5.74, 6) is 0.897. The van der Waals surface area contributed by atoms with Crippen LogP contribution in [0.25, 0.3) is 0 Å². The van der Waals surface area contributed by atoms with E-state index in [0.717, 1.165) is 35.7 Å². The fourth-order valence-corrected chi connectivity index (χ4v) is 5.48. The fraction of sp³-hybridized carbons (Fsp3) is 0.500. The minimum absolute atomic E-state index is 0.00611. The van der Waals surface area contributed by atoms with Crippen molar-refractivity contribution < 1.29 is 9.53 Å². The van der Waals surface area contributed by atoms with Crippen molar-refractivity contribution in [3.05, 3.63) is 39.7 Å². The molecule has 1 saturated heterocycles. The standard InChI is InChI=1S/C20H20N6O3S/c21-9-16-18(23-6-5-22-16)29-13-4-7-25(10-13)17(27)8-12-11-30-20-24-15-3-1-2-14(15)19(28)26(12)20/h5-6,12-13H,1-4,7-8,10-11H2.